The molecule has 3 nitrogen and oxygen atoms in total. The number of anilines is 1. The highest BCUT2D eigenvalue weighted by atomic mass is 79.9. The molecule has 1 unspecified atom stereocenters. The van der Waals surface area contributed by atoms with E-state index in [1.54, 1.807) is 11.8 Å². The van der Waals surface area contributed by atoms with Crippen LogP contribution in [0.5, 0.6) is 0 Å². The van der Waals surface area contributed by atoms with E-state index in [-0.39, 0.29) is 11.9 Å². The molecule has 0 aliphatic carbocycles. The summed E-state index contributed by atoms with van der Waals surface area (Å²) in [5, 5.41) is 6.08. The van der Waals surface area contributed by atoms with Gasteiger partial charge < -0.3 is 5.32 Å². The smallest absolute Gasteiger partial charge is 0.242 e. The Kier molecular flexibility index (Phi) is 3.89. The van der Waals surface area contributed by atoms with Crippen molar-refractivity contribution in [1.82, 2.24) is 5.32 Å². The summed E-state index contributed by atoms with van der Waals surface area (Å²) < 4.78 is 0.953. The van der Waals surface area contributed by atoms with E-state index in [0.717, 1.165) is 27.4 Å². The number of nitrogens with one attached hydrogen (secondary N) is 2. The molecular weight excluding hydrogens is 288 g/mol. The van der Waals surface area contributed by atoms with Crippen molar-refractivity contribution in [3.63, 3.8) is 0 Å². The van der Waals surface area contributed by atoms with Gasteiger partial charge in [-0.1, -0.05) is 12.1 Å². The van der Waals surface area contributed by atoms with Gasteiger partial charge in [-0.25, -0.2) is 0 Å². The molecular formula is C11H13BrN2OS. The molecule has 1 saturated heterocycles. The van der Waals surface area contributed by atoms with Crippen LogP contribution in [0.25, 0.3) is 0 Å². The fraction of sp³-hybridized carbons (Fsp3) is 0.364. The van der Waals surface area contributed by atoms with E-state index in [1.165, 1.54) is 0 Å². The maximum absolute atomic E-state index is 11.9. The third-order valence-corrected chi connectivity index (χ3v) is 4.47. The highest BCUT2D eigenvalue weighted by molar-refractivity contribution is 9.10. The Morgan fingerprint density at radius 3 is 3.12 bits per heavy atom. The Hall–Kier alpha value is -0.520. The average Bonchev–Trinajstić information content (AvgIpc) is 2.78. The predicted octanol–water partition coefficient (Wildman–Crippen LogP) is 2.36. The van der Waals surface area contributed by atoms with Crippen molar-refractivity contribution in [1.29, 1.82) is 0 Å². The SMILES string of the molecule is Cc1cccc(NC(=O)C2CSCN2)c1Br. The van der Waals surface area contributed by atoms with Crippen LogP contribution in [0.4, 0.5) is 5.69 Å². The first kappa shape index (κ1) is 12.0. The van der Waals surface area contributed by atoms with Crippen molar-refractivity contribution in [3.05, 3.63) is 28.2 Å². The lowest BCUT2D eigenvalue weighted by Gasteiger charge is -2.12. The molecule has 0 bridgehead atoms. The number of amides is 1. The highest BCUT2D eigenvalue weighted by Gasteiger charge is 2.22. The molecule has 0 saturated carbocycles. The number of carbonyl (C=O) groups excluding carboxylic acids is 1. The Labute approximate surface area is 108 Å². The monoisotopic (exact) mass is 300 g/mol. The molecule has 86 valence electrons. The Balaban J connectivity index is 2.08. The van der Waals surface area contributed by atoms with Crippen LogP contribution in [0.1, 0.15) is 5.56 Å². The van der Waals surface area contributed by atoms with Crippen molar-refractivity contribution in [2.45, 2.75) is 13.0 Å². The van der Waals surface area contributed by atoms with Crippen LogP contribution < -0.4 is 10.6 Å². The van der Waals surface area contributed by atoms with Gasteiger partial charge in [-0.3, -0.25) is 10.1 Å². The van der Waals surface area contributed by atoms with Gasteiger partial charge in [0.15, 0.2) is 0 Å². The first-order chi connectivity index (χ1) is 7.68. The number of hydrogen-bond donors (Lipinski definition) is 2. The van der Waals surface area contributed by atoms with Crippen molar-refractivity contribution in [2.24, 2.45) is 0 Å². The maximum Gasteiger partial charge on any atom is 0.242 e. The van der Waals surface area contributed by atoms with Gasteiger partial charge in [0.25, 0.3) is 0 Å². The van der Waals surface area contributed by atoms with Crippen LogP contribution in [-0.4, -0.2) is 23.6 Å². The van der Waals surface area contributed by atoms with E-state index < -0.39 is 0 Å². The fourth-order valence-electron chi connectivity index (χ4n) is 1.53. The largest absolute Gasteiger partial charge is 0.324 e. The van der Waals surface area contributed by atoms with Gasteiger partial charge >= 0.3 is 0 Å². The van der Waals surface area contributed by atoms with Gasteiger partial charge in [-0.05, 0) is 34.5 Å². The lowest BCUT2D eigenvalue weighted by Crippen LogP contribution is -2.37. The lowest BCUT2D eigenvalue weighted by molar-refractivity contribution is -0.117. The lowest BCUT2D eigenvalue weighted by atomic mass is 10.2. The summed E-state index contributed by atoms with van der Waals surface area (Å²) in [6.07, 6.45) is 0. The third-order valence-electron chi connectivity index (χ3n) is 2.48. The molecule has 1 fully saturated rings. The number of carbonyl (C=O) groups is 1. The second kappa shape index (κ2) is 5.21. The number of thioether (sulfide) groups is 1. The van der Waals surface area contributed by atoms with Crippen molar-refractivity contribution in [2.75, 3.05) is 16.9 Å². The summed E-state index contributed by atoms with van der Waals surface area (Å²) in [5.41, 5.74) is 1.95. The standard InChI is InChI=1S/C11H13BrN2OS/c1-7-3-2-4-8(10(7)12)14-11(15)9-5-16-6-13-9/h2-4,9,13H,5-6H2,1H3,(H,14,15). The molecule has 1 heterocycles. The average molecular weight is 301 g/mol. The van der Waals surface area contributed by atoms with E-state index in [2.05, 4.69) is 26.6 Å². The molecule has 0 radical (unpaired) electrons. The zero-order chi connectivity index (χ0) is 11.5. The highest BCUT2D eigenvalue weighted by Crippen LogP contribution is 2.26. The third kappa shape index (κ3) is 2.59. The van der Waals surface area contributed by atoms with Crippen LogP contribution in [0.2, 0.25) is 0 Å². The summed E-state index contributed by atoms with van der Waals surface area (Å²) in [4.78, 5) is 11.9. The number of benzene rings is 1. The van der Waals surface area contributed by atoms with Crippen LogP contribution >= 0.6 is 27.7 Å². The summed E-state index contributed by atoms with van der Waals surface area (Å²) >= 11 is 5.22. The van der Waals surface area contributed by atoms with E-state index in [4.69, 9.17) is 0 Å². The van der Waals surface area contributed by atoms with Crippen molar-refractivity contribution in [3.8, 4) is 0 Å². The quantitative estimate of drug-likeness (QED) is 0.881. The second-order valence-electron chi connectivity index (χ2n) is 3.70. The minimum atomic E-state index is -0.0718. The summed E-state index contributed by atoms with van der Waals surface area (Å²) in [6, 6.07) is 5.77. The number of rotatable bonds is 2. The second-order valence-corrected chi connectivity index (χ2v) is 5.52. The zero-order valence-corrected chi connectivity index (χ0v) is 11.3. The Morgan fingerprint density at radius 1 is 1.62 bits per heavy atom. The van der Waals surface area contributed by atoms with E-state index >= 15 is 0 Å². The summed E-state index contributed by atoms with van der Waals surface area (Å²) in [5.74, 6) is 1.74. The summed E-state index contributed by atoms with van der Waals surface area (Å²) in [6.45, 7) is 2.00. The molecule has 1 atom stereocenters. The molecule has 1 aliphatic heterocycles. The van der Waals surface area contributed by atoms with Crippen LogP contribution in [0, 0.1) is 6.92 Å². The first-order valence-corrected chi connectivity index (χ1v) is 7.00. The minimum Gasteiger partial charge on any atom is -0.324 e. The Bertz CT molecular complexity index is 405. The summed E-state index contributed by atoms with van der Waals surface area (Å²) in [7, 11) is 0. The van der Waals surface area contributed by atoms with Gasteiger partial charge in [-0.15, -0.1) is 11.8 Å². The van der Waals surface area contributed by atoms with E-state index in [0.29, 0.717) is 0 Å². The molecule has 1 amide bonds. The molecule has 2 N–H and O–H groups in total. The van der Waals surface area contributed by atoms with Crippen LogP contribution in [0.3, 0.4) is 0 Å². The number of hydrogen-bond acceptors (Lipinski definition) is 3. The fourth-order valence-corrected chi connectivity index (χ4v) is 2.83. The van der Waals surface area contributed by atoms with E-state index in [1.807, 2.05) is 25.1 Å². The predicted molar refractivity (Wildman–Crippen MR) is 71.8 cm³/mol. The van der Waals surface area contributed by atoms with Gasteiger partial charge in [-0.2, -0.15) is 0 Å². The normalized spacial score (nSPS) is 19.8. The van der Waals surface area contributed by atoms with Gasteiger partial charge in [0.1, 0.15) is 0 Å². The van der Waals surface area contributed by atoms with E-state index in [9.17, 15) is 4.79 Å². The van der Waals surface area contributed by atoms with Crippen LogP contribution in [-0.2, 0) is 4.79 Å². The topological polar surface area (TPSA) is 41.1 Å². The van der Waals surface area contributed by atoms with Crippen LogP contribution in [0.15, 0.2) is 22.7 Å². The zero-order valence-electron chi connectivity index (χ0n) is 8.92. The molecule has 0 aromatic heterocycles. The minimum absolute atomic E-state index is 0.0382. The number of halogens is 1. The van der Waals surface area contributed by atoms with Gasteiger partial charge in [0.2, 0.25) is 5.91 Å². The maximum atomic E-state index is 11.9. The van der Waals surface area contributed by atoms with Crippen molar-refractivity contribution < 1.29 is 4.79 Å². The Morgan fingerprint density at radius 2 is 2.44 bits per heavy atom. The first-order valence-electron chi connectivity index (χ1n) is 5.05. The van der Waals surface area contributed by atoms with Crippen molar-refractivity contribution >= 4 is 39.3 Å². The molecule has 5 heteroatoms. The molecule has 16 heavy (non-hydrogen) atoms. The molecule has 1 aromatic carbocycles. The van der Waals surface area contributed by atoms with Gasteiger partial charge in [0, 0.05) is 16.1 Å². The van der Waals surface area contributed by atoms with Gasteiger partial charge in [0.05, 0.1) is 11.7 Å². The molecule has 0 spiro atoms. The molecule has 2 rings (SSSR count). The number of aryl methyl sites for hydroxylation is 1. The molecule has 1 aliphatic rings. The molecule has 1 aromatic rings.